The first-order valence-corrected chi connectivity index (χ1v) is 8.85. The van der Waals surface area contributed by atoms with Crippen molar-refractivity contribution >= 4 is 34.8 Å². The van der Waals surface area contributed by atoms with Crippen molar-refractivity contribution in [1.82, 2.24) is 9.72 Å². The van der Waals surface area contributed by atoms with Crippen LogP contribution in [0.1, 0.15) is 33.1 Å². The Morgan fingerprint density at radius 3 is 2.62 bits per heavy atom. The molecule has 0 saturated carbocycles. The molecule has 0 bridgehead atoms. The van der Waals surface area contributed by atoms with Gasteiger partial charge in [0.05, 0.1) is 10.5 Å². The minimum Gasteiger partial charge on any atom is -0.477 e. The van der Waals surface area contributed by atoms with E-state index in [1.807, 2.05) is 0 Å². The lowest BCUT2D eigenvalue weighted by molar-refractivity contribution is -0.147. The fraction of sp³-hybridized carbons (Fsp3) is 0.100. The van der Waals surface area contributed by atoms with Crippen molar-refractivity contribution in [2.24, 2.45) is 0 Å². The molecule has 29 heavy (non-hydrogen) atoms. The van der Waals surface area contributed by atoms with Crippen LogP contribution in [0, 0.1) is 5.82 Å². The summed E-state index contributed by atoms with van der Waals surface area (Å²) in [7, 11) is 0. The molecule has 1 aliphatic heterocycles. The van der Waals surface area contributed by atoms with E-state index in [4.69, 9.17) is 11.6 Å². The first-order chi connectivity index (χ1) is 13.8. The molecule has 2 aromatic heterocycles. The van der Waals surface area contributed by atoms with Gasteiger partial charge >= 0.3 is 5.97 Å². The van der Waals surface area contributed by atoms with E-state index in [0.717, 1.165) is 10.5 Å². The van der Waals surface area contributed by atoms with Crippen LogP contribution in [0.15, 0.2) is 47.4 Å². The quantitative estimate of drug-likeness (QED) is 0.502. The number of rotatable bonds is 4. The van der Waals surface area contributed by atoms with Gasteiger partial charge in [-0.3, -0.25) is 18.8 Å². The van der Waals surface area contributed by atoms with Crippen molar-refractivity contribution in [3.05, 3.63) is 86.0 Å². The van der Waals surface area contributed by atoms with Crippen molar-refractivity contribution in [3.8, 4) is 0 Å². The number of carboxylic acid groups (broad SMARTS) is 1. The van der Waals surface area contributed by atoms with Crippen LogP contribution in [0.25, 0.3) is 5.52 Å². The maximum Gasteiger partial charge on any atom is 0.341 e. The molecular formula is C20H12ClFN2O5. The van der Waals surface area contributed by atoms with E-state index < -0.39 is 40.6 Å². The Morgan fingerprint density at radius 2 is 1.97 bits per heavy atom. The summed E-state index contributed by atoms with van der Waals surface area (Å²) in [6, 6.07) is 7.79. The Labute approximate surface area is 167 Å². The van der Waals surface area contributed by atoms with Gasteiger partial charge in [-0.15, -0.1) is 0 Å². The number of halogens is 2. The SMILES string of the molecule is O=C1NC(c2cc(C(=O)O)c(=O)n3cc(Cc4cccc(Cl)c4F)ccc23)C1=O. The summed E-state index contributed by atoms with van der Waals surface area (Å²) in [6.45, 7) is 0. The molecule has 9 heteroatoms. The smallest absolute Gasteiger partial charge is 0.341 e. The third kappa shape index (κ3) is 3.07. The lowest BCUT2D eigenvalue weighted by atomic mass is 9.93. The van der Waals surface area contributed by atoms with Gasteiger partial charge in [-0.1, -0.05) is 29.8 Å². The first-order valence-electron chi connectivity index (χ1n) is 8.47. The van der Waals surface area contributed by atoms with Gasteiger partial charge in [0.1, 0.15) is 17.4 Å². The van der Waals surface area contributed by atoms with E-state index in [2.05, 4.69) is 5.32 Å². The molecule has 1 unspecified atom stereocenters. The minimum atomic E-state index is -1.46. The number of ketones is 1. The predicted octanol–water partition coefficient (Wildman–Crippen LogP) is 2.12. The number of carbonyl (C=O) groups is 3. The second-order valence-corrected chi connectivity index (χ2v) is 6.98. The Bertz CT molecular complexity index is 1280. The van der Waals surface area contributed by atoms with Crippen molar-refractivity contribution < 1.29 is 23.9 Å². The molecule has 3 aromatic rings. The highest BCUT2D eigenvalue weighted by Gasteiger charge is 2.40. The van der Waals surface area contributed by atoms with Crippen molar-refractivity contribution in [2.75, 3.05) is 0 Å². The molecule has 1 atom stereocenters. The van der Waals surface area contributed by atoms with E-state index in [0.29, 0.717) is 11.1 Å². The van der Waals surface area contributed by atoms with Gasteiger partial charge in [0, 0.05) is 18.2 Å². The largest absolute Gasteiger partial charge is 0.477 e. The number of carboxylic acids is 1. The van der Waals surface area contributed by atoms with E-state index in [1.165, 1.54) is 18.3 Å². The van der Waals surface area contributed by atoms with Crippen molar-refractivity contribution in [2.45, 2.75) is 12.5 Å². The number of benzene rings is 1. The third-order valence-corrected chi connectivity index (χ3v) is 5.08. The number of hydrogen-bond donors (Lipinski definition) is 2. The van der Waals surface area contributed by atoms with Crippen molar-refractivity contribution in [3.63, 3.8) is 0 Å². The number of aromatic nitrogens is 1. The normalized spacial score (nSPS) is 15.9. The summed E-state index contributed by atoms with van der Waals surface area (Å²) in [6.07, 6.45) is 1.50. The van der Waals surface area contributed by atoms with Crippen LogP contribution >= 0.6 is 11.6 Å². The average molecular weight is 415 g/mol. The Morgan fingerprint density at radius 1 is 1.21 bits per heavy atom. The number of pyridine rings is 2. The van der Waals surface area contributed by atoms with Gasteiger partial charge in [0.15, 0.2) is 0 Å². The van der Waals surface area contributed by atoms with Gasteiger partial charge < -0.3 is 10.4 Å². The zero-order chi connectivity index (χ0) is 20.9. The average Bonchev–Trinajstić information content (AvgIpc) is 2.70. The number of amides is 1. The van der Waals surface area contributed by atoms with E-state index in [-0.39, 0.29) is 22.5 Å². The molecule has 7 nitrogen and oxygen atoms in total. The summed E-state index contributed by atoms with van der Waals surface area (Å²) < 4.78 is 15.3. The zero-order valence-electron chi connectivity index (χ0n) is 14.6. The first kappa shape index (κ1) is 18.8. The van der Waals surface area contributed by atoms with E-state index >= 15 is 0 Å². The van der Waals surface area contributed by atoms with Gasteiger partial charge in [-0.2, -0.15) is 0 Å². The van der Waals surface area contributed by atoms with Crippen LogP contribution in [0.2, 0.25) is 5.02 Å². The van der Waals surface area contributed by atoms with Gasteiger partial charge in [0.25, 0.3) is 11.5 Å². The second-order valence-electron chi connectivity index (χ2n) is 6.58. The molecule has 3 heterocycles. The summed E-state index contributed by atoms with van der Waals surface area (Å²) in [5.41, 5.74) is -0.0415. The van der Waals surface area contributed by atoms with Crippen molar-refractivity contribution in [1.29, 1.82) is 0 Å². The summed E-state index contributed by atoms with van der Waals surface area (Å²) in [5.74, 6) is -3.53. The van der Waals surface area contributed by atoms with E-state index in [9.17, 15) is 28.7 Å². The third-order valence-electron chi connectivity index (χ3n) is 4.78. The van der Waals surface area contributed by atoms with Crippen LogP contribution < -0.4 is 10.9 Å². The molecule has 4 rings (SSSR count). The highest BCUT2D eigenvalue weighted by Crippen LogP contribution is 2.26. The highest BCUT2D eigenvalue weighted by molar-refractivity contribution is 6.44. The minimum absolute atomic E-state index is 0.0323. The molecule has 1 aromatic carbocycles. The lowest BCUT2D eigenvalue weighted by Gasteiger charge is -2.26. The monoisotopic (exact) mass is 414 g/mol. The Kier molecular flexibility index (Phi) is 4.43. The molecule has 1 aliphatic rings. The fourth-order valence-electron chi connectivity index (χ4n) is 3.30. The van der Waals surface area contributed by atoms with Crippen LogP contribution in [0.4, 0.5) is 4.39 Å². The van der Waals surface area contributed by atoms with Crippen LogP contribution in [-0.4, -0.2) is 27.2 Å². The van der Waals surface area contributed by atoms with Crippen LogP contribution in [0.5, 0.6) is 0 Å². The highest BCUT2D eigenvalue weighted by atomic mass is 35.5. The Hall–Kier alpha value is -3.52. The molecular weight excluding hydrogens is 403 g/mol. The maximum atomic E-state index is 14.2. The Balaban J connectivity index is 1.87. The summed E-state index contributed by atoms with van der Waals surface area (Å²) in [4.78, 5) is 47.2. The molecule has 0 radical (unpaired) electrons. The molecule has 0 spiro atoms. The van der Waals surface area contributed by atoms with E-state index in [1.54, 1.807) is 18.2 Å². The summed E-state index contributed by atoms with van der Waals surface area (Å²) in [5, 5.41) is 11.7. The molecule has 1 fully saturated rings. The number of fused-ring (bicyclic) bond motifs is 1. The predicted molar refractivity (Wildman–Crippen MR) is 101 cm³/mol. The molecule has 1 amide bonds. The molecule has 0 aliphatic carbocycles. The number of β-lactam (4-membered cyclic amide) rings is 1. The molecule has 1 saturated heterocycles. The number of Topliss-reactive ketones (excluding diaryl/α,β-unsaturated/α-hetero) is 1. The topological polar surface area (TPSA) is 105 Å². The fourth-order valence-corrected chi connectivity index (χ4v) is 3.50. The lowest BCUT2D eigenvalue weighted by Crippen LogP contribution is -2.52. The number of carbonyl (C=O) groups excluding carboxylic acids is 2. The van der Waals surface area contributed by atoms with Gasteiger partial charge in [-0.05, 0) is 29.3 Å². The molecule has 146 valence electrons. The number of nitrogens with one attached hydrogen (secondary N) is 1. The zero-order valence-corrected chi connectivity index (χ0v) is 15.4. The maximum absolute atomic E-state index is 14.2. The number of nitrogens with zero attached hydrogens (tertiary/aromatic N) is 1. The number of hydrogen-bond acceptors (Lipinski definition) is 4. The number of aromatic carboxylic acids is 1. The second kappa shape index (κ2) is 6.82. The summed E-state index contributed by atoms with van der Waals surface area (Å²) >= 11 is 5.80. The van der Waals surface area contributed by atoms with Gasteiger partial charge in [-0.25, -0.2) is 9.18 Å². The van der Waals surface area contributed by atoms with Crippen LogP contribution in [-0.2, 0) is 16.0 Å². The van der Waals surface area contributed by atoms with Gasteiger partial charge in [0.2, 0.25) is 5.78 Å². The standard InChI is InChI=1S/C20H12ClFN2O5/c21-13-3-1-2-10(15(13)22)6-9-4-5-14-11(16-17(25)18(26)23-16)7-12(20(28)29)19(27)24(14)8-9/h1-5,7-8,16H,6H2,(H,23,26)(H,28,29). The molecule has 2 N–H and O–H groups in total. The van der Waals surface area contributed by atoms with Crippen LogP contribution in [0.3, 0.4) is 0 Å².